The zero-order valence-electron chi connectivity index (χ0n) is 27.4. The first kappa shape index (κ1) is 41.3. The number of methoxy groups -OCH3 is 2. The van der Waals surface area contributed by atoms with Crippen LogP contribution in [0, 0.1) is 24.1 Å². The van der Waals surface area contributed by atoms with Gasteiger partial charge in [-0.2, -0.15) is 5.54 Å². The summed E-state index contributed by atoms with van der Waals surface area (Å²) < 4.78 is 35.7. The molecule has 0 aromatic carbocycles. The second-order valence-electron chi connectivity index (χ2n) is 10.6. The summed E-state index contributed by atoms with van der Waals surface area (Å²) in [5.41, 5.74) is 4.07. The molecule has 1 heterocycles. The first-order valence-electron chi connectivity index (χ1n) is 14.8. The van der Waals surface area contributed by atoms with Crippen LogP contribution in [0.3, 0.4) is 0 Å². The number of aromatic nitrogens is 1. The molecular formula is C33H57F2N5O2. The molecular weight excluding hydrogens is 536 g/mol. The van der Waals surface area contributed by atoms with Crippen molar-refractivity contribution in [2.24, 2.45) is 10.4 Å². The van der Waals surface area contributed by atoms with Gasteiger partial charge in [0.2, 0.25) is 0 Å². The van der Waals surface area contributed by atoms with E-state index in [1.807, 2.05) is 19.1 Å². The Labute approximate surface area is 255 Å². The SMILES string of the molecule is C#C.C=N/C=C(\CC=C(C)c1cc(NC(CC)CCCC)ncc1F)NCC(C)(CC)CCOC.COCC(C)NF. The van der Waals surface area contributed by atoms with Crippen molar-refractivity contribution < 1.29 is 18.3 Å². The second kappa shape index (κ2) is 25.9. The number of unbranched alkanes of at least 4 members (excludes halogenated alkanes) is 1. The molecule has 1 rings (SSSR count). The Balaban J connectivity index is 0. The van der Waals surface area contributed by atoms with Crippen LogP contribution in [0.4, 0.5) is 14.7 Å². The molecule has 0 amide bonds. The van der Waals surface area contributed by atoms with Gasteiger partial charge in [-0.1, -0.05) is 46.6 Å². The zero-order chi connectivity index (χ0) is 32.4. The third kappa shape index (κ3) is 18.6. The summed E-state index contributed by atoms with van der Waals surface area (Å²) in [7, 11) is 3.27. The molecule has 1 aromatic heterocycles. The number of rotatable bonds is 20. The molecule has 0 radical (unpaired) electrons. The predicted octanol–water partition coefficient (Wildman–Crippen LogP) is 7.72. The van der Waals surface area contributed by atoms with E-state index in [9.17, 15) is 8.87 Å². The van der Waals surface area contributed by atoms with Gasteiger partial charge in [-0.3, -0.25) is 4.99 Å². The van der Waals surface area contributed by atoms with E-state index in [-0.39, 0.29) is 17.3 Å². The van der Waals surface area contributed by atoms with Crippen LogP contribution < -0.4 is 16.2 Å². The van der Waals surface area contributed by atoms with Crippen LogP contribution in [0.2, 0.25) is 0 Å². The molecule has 3 atom stereocenters. The molecule has 42 heavy (non-hydrogen) atoms. The third-order valence-corrected chi connectivity index (χ3v) is 7.01. The highest BCUT2D eigenvalue weighted by molar-refractivity contribution is 5.66. The molecule has 240 valence electrons. The van der Waals surface area contributed by atoms with Crippen molar-refractivity contribution in [3.8, 4) is 12.8 Å². The minimum absolute atomic E-state index is 0.125. The third-order valence-electron chi connectivity index (χ3n) is 7.01. The van der Waals surface area contributed by atoms with Gasteiger partial charge < -0.3 is 20.1 Å². The van der Waals surface area contributed by atoms with E-state index in [4.69, 9.17) is 4.74 Å². The lowest BCUT2D eigenvalue weighted by molar-refractivity contribution is 0.138. The number of hydrogen-bond donors (Lipinski definition) is 3. The molecule has 7 nitrogen and oxygen atoms in total. The van der Waals surface area contributed by atoms with Gasteiger partial charge in [-0.05, 0) is 63.3 Å². The Hall–Kier alpha value is -2.80. The lowest BCUT2D eigenvalue weighted by Gasteiger charge is -2.29. The average molecular weight is 594 g/mol. The maximum absolute atomic E-state index is 14.6. The summed E-state index contributed by atoms with van der Waals surface area (Å²) in [6.45, 7) is 18.0. The fourth-order valence-electron chi connectivity index (χ4n) is 3.86. The largest absolute Gasteiger partial charge is 0.386 e. The molecule has 3 N–H and O–H groups in total. The van der Waals surface area contributed by atoms with Gasteiger partial charge in [0.25, 0.3) is 0 Å². The summed E-state index contributed by atoms with van der Waals surface area (Å²) in [6, 6.07) is 1.98. The van der Waals surface area contributed by atoms with E-state index in [2.05, 4.69) is 72.6 Å². The molecule has 0 saturated heterocycles. The van der Waals surface area contributed by atoms with E-state index in [0.717, 1.165) is 62.3 Å². The highest BCUT2D eigenvalue weighted by Gasteiger charge is 2.21. The van der Waals surface area contributed by atoms with Crippen LogP contribution in [0.5, 0.6) is 0 Å². The number of halogens is 2. The van der Waals surface area contributed by atoms with Crippen LogP contribution in [-0.2, 0) is 9.47 Å². The van der Waals surface area contributed by atoms with Gasteiger partial charge in [0, 0.05) is 57.3 Å². The molecule has 0 aliphatic carbocycles. The fraction of sp³-hybridized carbons (Fsp3) is 0.636. The topological polar surface area (TPSA) is 79.8 Å². The number of aliphatic imine (C=N–C) groups is 1. The molecule has 0 fully saturated rings. The maximum Gasteiger partial charge on any atom is 0.149 e. The number of allylic oxidation sites excluding steroid dienone is 2. The van der Waals surface area contributed by atoms with Gasteiger partial charge in [0.05, 0.1) is 18.8 Å². The summed E-state index contributed by atoms with van der Waals surface area (Å²) in [5.74, 6) is 0.412. The summed E-state index contributed by atoms with van der Waals surface area (Å²) in [4.78, 5) is 8.21. The van der Waals surface area contributed by atoms with E-state index in [1.165, 1.54) is 19.7 Å². The highest BCUT2D eigenvalue weighted by Crippen LogP contribution is 2.26. The van der Waals surface area contributed by atoms with Crippen molar-refractivity contribution >= 4 is 18.1 Å². The monoisotopic (exact) mass is 593 g/mol. The Morgan fingerprint density at radius 2 is 1.93 bits per heavy atom. The Morgan fingerprint density at radius 3 is 2.43 bits per heavy atom. The Bertz CT molecular complexity index is 923. The van der Waals surface area contributed by atoms with Gasteiger partial charge in [0.15, 0.2) is 0 Å². The van der Waals surface area contributed by atoms with Gasteiger partial charge in [-0.15, -0.1) is 17.3 Å². The van der Waals surface area contributed by atoms with Crippen LogP contribution >= 0.6 is 0 Å². The second-order valence-corrected chi connectivity index (χ2v) is 10.6. The minimum Gasteiger partial charge on any atom is -0.386 e. The number of nitrogens with one attached hydrogen (secondary N) is 3. The maximum atomic E-state index is 14.6. The molecule has 0 bridgehead atoms. The number of hydrogen-bond acceptors (Lipinski definition) is 7. The van der Waals surface area contributed by atoms with Gasteiger partial charge in [0.1, 0.15) is 11.6 Å². The lowest BCUT2D eigenvalue weighted by Crippen LogP contribution is -2.32. The van der Waals surface area contributed by atoms with Crippen molar-refractivity contribution in [1.29, 1.82) is 0 Å². The number of ether oxygens (including phenoxy) is 2. The van der Waals surface area contributed by atoms with Gasteiger partial charge >= 0.3 is 0 Å². The van der Waals surface area contributed by atoms with Crippen molar-refractivity contribution in [3.63, 3.8) is 0 Å². The van der Waals surface area contributed by atoms with Crippen molar-refractivity contribution in [1.82, 2.24) is 15.8 Å². The quantitative estimate of drug-likeness (QED) is 0.0816. The first-order valence-corrected chi connectivity index (χ1v) is 14.8. The van der Waals surface area contributed by atoms with E-state index < -0.39 is 0 Å². The average Bonchev–Trinajstić information content (AvgIpc) is 3.01. The summed E-state index contributed by atoms with van der Waals surface area (Å²) >= 11 is 0. The van der Waals surface area contributed by atoms with Crippen LogP contribution in [-0.4, -0.2) is 57.8 Å². The lowest BCUT2D eigenvalue weighted by atomic mass is 9.84. The van der Waals surface area contributed by atoms with E-state index in [1.54, 1.807) is 25.8 Å². The normalized spacial score (nSPS) is 14.3. The molecule has 3 unspecified atom stereocenters. The summed E-state index contributed by atoms with van der Waals surface area (Å²) in [5, 5.41) is 6.98. The minimum atomic E-state index is -0.311. The zero-order valence-corrected chi connectivity index (χ0v) is 27.4. The Morgan fingerprint density at radius 1 is 1.24 bits per heavy atom. The number of anilines is 1. The van der Waals surface area contributed by atoms with Crippen LogP contribution in [0.15, 0.2) is 35.2 Å². The molecule has 1 aromatic rings. The number of pyridine rings is 1. The summed E-state index contributed by atoms with van der Waals surface area (Å²) in [6.07, 6.45) is 20.1. The van der Waals surface area contributed by atoms with Crippen molar-refractivity contribution in [2.45, 2.75) is 98.6 Å². The van der Waals surface area contributed by atoms with Crippen LogP contribution in [0.25, 0.3) is 5.57 Å². The standard InChI is InChI=1S/C27H45FN4O.C4H10FNO.C2H2/c1-8-11-12-22(9-2)32-26-17-24(25(28)19-30-26)21(4)13-14-23(18-29-6)31-20-27(5,10-3)15-16-33-7;1-4(6-5)3-7-2;1-2/h13,17-19,22,31H,6,8-12,14-16,20H2,1-5,7H3,(H,30,32);4,6H,3H2,1-2H3;1-2H/b21-13?,23-18+;;. The first-order chi connectivity index (χ1) is 20.1. The van der Waals surface area contributed by atoms with Crippen LogP contribution in [0.1, 0.15) is 92.1 Å². The highest BCUT2D eigenvalue weighted by atomic mass is 19.2. The molecule has 9 heteroatoms. The molecule has 0 spiro atoms. The van der Waals surface area contributed by atoms with E-state index >= 15 is 0 Å². The molecule has 0 aliphatic heterocycles. The predicted molar refractivity (Wildman–Crippen MR) is 176 cm³/mol. The smallest absolute Gasteiger partial charge is 0.149 e. The van der Waals surface area contributed by atoms with Crippen molar-refractivity contribution in [3.05, 3.63) is 41.6 Å². The Kier molecular flexibility index (Phi) is 25.5. The molecule has 0 aliphatic rings. The van der Waals surface area contributed by atoms with Crippen molar-refractivity contribution in [2.75, 3.05) is 39.3 Å². The van der Waals surface area contributed by atoms with Gasteiger partial charge in [-0.25, -0.2) is 9.37 Å². The molecule has 0 saturated carbocycles. The van der Waals surface area contributed by atoms with E-state index in [0.29, 0.717) is 24.6 Å². The fourth-order valence-corrected chi connectivity index (χ4v) is 3.86. The number of nitrogens with zero attached hydrogens (tertiary/aromatic N) is 2. The number of terminal acetylenes is 1.